The van der Waals surface area contributed by atoms with E-state index in [1.807, 2.05) is 0 Å². The van der Waals surface area contributed by atoms with Gasteiger partial charge in [0.15, 0.2) is 0 Å². The molecule has 1 heterocycles. The van der Waals surface area contributed by atoms with Crippen molar-refractivity contribution in [2.75, 3.05) is 11.1 Å². The van der Waals surface area contributed by atoms with Crippen LogP contribution in [0.2, 0.25) is 0 Å². The lowest BCUT2D eigenvalue weighted by Gasteiger charge is -2.11. The third kappa shape index (κ3) is 2.97. The number of carboxylic acids is 1. The van der Waals surface area contributed by atoms with Gasteiger partial charge in [0.1, 0.15) is 17.4 Å². The molecule has 1 unspecified atom stereocenters. The Kier molecular flexibility index (Phi) is 3.61. The van der Waals surface area contributed by atoms with Crippen LogP contribution in [-0.4, -0.2) is 39.1 Å². The van der Waals surface area contributed by atoms with Crippen molar-refractivity contribution in [2.45, 2.75) is 6.04 Å². The third-order valence-corrected chi connectivity index (χ3v) is 3.36. The van der Waals surface area contributed by atoms with Crippen LogP contribution in [0.5, 0.6) is 5.75 Å². The Morgan fingerprint density at radius 3 is 2.74 bits per heavy atom. The van der Waals surface area contributed by atoms with Gasteiger partial charge >= 0.3 is 5.97 Å². The second-order valence-corrected chi connectivity index (χ2v) is 4.81. The molecule has 1 aliphatic heterocycles. The lowest BCUT2D eigenvalue weighted by atomic mass is 10.1. The van der Waals surface area contributed by atoms with E-state index in [4.69, 9.17) is 5.11 Å². The van der Waals surface area contributed by atoms with Crippen molar-refractivity contribution in [2.24, 2.45) is 0 Å². The summed E-state index contributed by atoms with van der Waals surface area (Å²) in [7, 11) is 0. The van der Waals surface area contributed by atoms with Crippen LogP contribution in [0.4, 0.5) is 10.5 Å². The van der Waals surface area contributed by atoms with Crippen LogP contribution < -0.4 is 10.6 Å². The number of carboxylic acid groups (broad SMARTS) is 1. The minimum absolute atomic E-state index is 0.242. The van der Waals surface area contributed by atoms with Crippen LogP contribution in [0.1, 0.15) is 10.4 Å². The number of hydrogen-bond donors (Lipinski definition) is 4. The number of benzene rings is 1. The molecule has 1 aromatic carbocycles. The van der Waals surface area contributed by atoms with Crippen molar-refractivity contribution in [1.29, 1.82) is 0 Å². The van der Waals surface area contributed by atoms with Gasteiger partial charge in [-0.3, -0.25) is 9.59 Å². The highest BCUT2D eigenvalue weighted by Gasteiger charge is 2.28. The molecule has 1 saturated heterocycles. The van der Waals surface area contributed by atoms with Crippen molar-refractivity contribution in [3.05, 3.63) is 23.8 Å². The summed E-state index contributed by atoms with van der Waals surface area (Å²) in [5, 5.41) is 22.9. The van der Waals surface area contributed by atoms with Crippen molar-refractivity contribution in [3.8, 4) is 5.75 Å². The molecule has 1 atom stereocenters. The van der Waals surface area contributed by atoms with Crippen LogP contribution in [0.25, 0.3) is 0 Å². The lowest BCUT2D eigenvalue weighted by molar-refractivity contribution is -0.117. The minimum atomic E-state index is -1.29. The fourth-order valence-corrected chi connectivity index (χ4v) is 2.32. The molecule has 8 heteroatoms. The number of rotatable bonds is 3. The third-order valence-electron chi connectivity index (χ3n) is 2.48. The van der Waals surface area contributed by atoms with Gasteiger partial charge in [-0.2, -0.15) is 0 Å². The van der Waals surface area contributed by atoms with Crippen LogP contribution in [0.3, 0.4) is 0 Å². The molecule has 4 N–H and O–H groups in total. The summed E-state index contributed by atoms with van der Waals surface area (Å²) in [5.74, 6) is -1.77. The largest absolute Gasteiger partial charge is 0.507 e. The average molecular weight is 282 g/mol. The first-order valence-electron chi connectivity index (χ1n) is 5.28. The first-order valence-corrected chi connectivity index (χ1v) is 6.26. The summed E-state index contributed by atoms with van der Waals surface area (Å²) in [6.45, 7) is 0. The molecule has 7 nitrogen and oxygen atoms in total. The van der Waals surface area contributed by atoms with E-state index in [2.05, 4.69) is 10.6 Å². The van der Waals surface area contributed by atoms with Crippen LogP contribution >= 0.6 is 11.8 Å². The molecule has 0 spiro atoms. The highest BCUT2D eigenvalue weighted by atomic mass is 32.2. The van der Waals surface area contributed by atoms with Gasteiger partial charge in [0.05, 0.1) is 0 Å². The molecule has 1 aliphatic rings. The summed E-state index contributed by atoms with van der Waals surface area (Å²) < 4.78 is 0. The number of thioether (sulfide) groups is 1. The molecule has 0 aromatic heterocycles. The maximum Gasteiger partial charge on any atom is 0.339 e. The van der Waals surface area contributed by atoms with Crippen LogP contribution in [-0.2, 0) is 4.79 Å². The van der Waals surface area contributed by atoms with Gasteiger partial charge in [-0.15, -0.1) is 0 Å². The standard InChI is InChI=1S/C11H10N2O5S/c14-8-2-1-5(3-6(8)10(16)17)12-9(15)7-4-19-11(18)13-7/h1-3,7,14H,4H2,(H,12,15)(H,13,18)(H,16,17). The zero-order chi connectivity index (χ0) is 14.0. The number of carbonyl (C=O) groups excluding carboxylic acids is 2. The Labute approximate surface area is 112 Å². The predicted octanol–water partition coefficient (Wildman–Crippen LogP) is 0.854. The van der Waals surface area contributed by atoms with Crippen LogP contribution in [0.15, 0.2) is 18.2 Å². The van der Waals surface area contributed by atoms with Crippen molar-refractivity contribution >= 4 is 34.6 Å². The summed E-state index contributed by atoms with van der Waals surface area (Å²) in [6.07, 6.45) is 0. The molecular weight excluding hydrogens is 272 g/mol. The van der Waals surface area contributed by atoms with E-state index in [0.717, 1.165) is 17.8 Å². The van der Waals surface area contributed by atoms with Gasteiger partial charge in [-0.1, -0.05) is 11.8 Å². The van der Waals surface area contributed by atoms with Crippen molar-refractivity contribution in [3.63, 3.8) is 0 Å². The maximum absolute atomic E-state index is 11.8. The molecular formula is C11H10N2O5S. The molecule has 0 aliphatic carbocycles. The number of nitrogens with one attached hydrogen (secondary N) is 2. The summed E-state index contributed by atoms with van der Waals surface area (Å²) in [4.78, 5) is 33.6. The number of phenols is 1. The van der Waals surface area contributed by atoms with Gasteiger partial charge in [0.2, 0.25) is 5.91 Å². The Balaban J connectivity index is 2.11. The van der Waals surface area contributed by atoms with Gasteiger partial charge in [0.25, 0.3) is 5.24 Å². The van der Waals surface area contributed by atoms with Crippen molar-refractivity contribution < 1.29 is 24.6 Å². The number of aromatic hydroxyl groups is 1. The van der Waals surface area contributed by atoms with E-state index in [9.17, 15) is 19.5 Å². The van der Waals surface area contributed by atoms with Gasteiger partial charge < -0.3 is 20.8 Å². The first-order chi connectivity index (χ1) is 8.97. The topological polar surface area (TPSA) is 116 Å². The van der Waals surface area contributed by atoms with Gasteiger partial charge in [0, 0.05) is 11.4 Å². The van der Waals surface area contributed by atoms with Crippen molar-refractivity contribution in [1.82, 2.24) is 5.32 Å². The van der Waals surface area contributed by atoms with E-state index >= 15 is 0 Å². The number of anilines is 1. The monoisotopic (exact) mass is 282 g/mol. The maximum atomic E-state index is 11.8. The first kappa shape index (κ1) is 13.2. The second-order valence-electron chi connectivity index (χ2n) is 3.82. The fraction of sp³-hybridized carbons (Fsp3) is 0.182. The second kappa shape index (κ2) is 5.19. The van der Waals surface area contributed by atoms with E-state index in [-0.39, 0.29) is 22.2 Å². The fourth-order valence-electron chi connectivity index (χ4n) is 1.54. The highest BCUT2D eigenvalue weighted by molar-refractivity contribution is 8.14. The number of aromatic carboxylic acids is 1. The quantitative estimate of drug-likeness (QED) is 0.611. The molecule has 0 bridgehead atoms. The van der Waals surface area contributed by atoms with Gasteiger partial charge in [-0.25, -0.2) is 4.79 Å². The van der Waals surface area contributed by atoms with E-state index in [1.54, 1.807) is 0 Å². The Hall–Kier alpha value is -2.22. The highest BCUT2D eigenvalue weighted by Crippen LogP contribution is 2.22. The minimum Gasteiger partial charge on any atom is -0.507 e. The number of carbonyl (C=O) groups is 3. The molecule has 100 valence electrons. The molecule has 0 radical (unpaired) electrons. The smallest absolute Gasteiger partial charge is 0.339 e. The molecule has 1 aromatic rings. The van der Waals surface area contributed by atoms with E-state index < -0.39 is 17.9 Å². The summed E-state index contributed by atoms with van der Waals surface area (Å²) in [5.41, 5.74) is -0.0611. The number of hydrogen-bond acceptors (Lipinski definition) is 5. The molecule has 1 fully saturated rings. The Bertz CT molecular complexity index is 560. The number of amides is 2. The average Bonchev–Trinajstić information content (AvgIpc) is 2.78. The zero-order valence-corrected chi connectivity index (χ0v) is 10.4. The molecule has 19 heavy (non-hydrogen) atoms. The molecule has 2 amide bonds. The normalized spacial score (nSPS) is 17.9. The SMILES string of the molecule is O=C1NC(C(=O)Nc2ccc(O)c(C(=O)O)c2)CS1. The lowest BCUT2D eigenvalue weighted by Crippen LogP contribution is -2.38. The van der Waals surface area contributed by atoms with Gasteiger partial charge in [-0.05, 0) is 18.2 Å². The molecule has 2 rings (SSSR count). The molecule has 0 saturated carbocycles. The Morgan fingerprint density at radius 2 is 2.16 bits per heavy atom. The Morgan fingerprint density at radius 1 is 1.42 bits per heavy atom. The summed E-state index contributed by atoms with van der Waals surface area (Å²) >= 11 is 1.01. The zero-order valence-electron chi connectivity index (χ0n) is 9.54. The van der Waals surface area contributed by atoms with Crippen LogP contribution in [0, 0.1) is 0 Å². The summed E-state index contributed by atoms with van der Waals surface area (Å²) in [6, 6.07) is 3.07. The van der Waals surface area contributed by atoms with E-state index in [0.29, 0.717) is 5.75 Å². The van der Waals surface area contributed by atoms with E-state index in [1.165, 1.54) is 12.1 Å². The predicted molar refractivity (Wildman–Crippen MR) is 68.5 cm³/mol.